The molecular formula is C17H27N3O2. The maximum atomic E-state index is 12.1. The summed E-state index contributed by atoms with van der Waals surface area (Å²) in [6.45, 7) is 7.73. The van der Waals surface area contributed by atoms with Gasteiger partial charge in [-0.05, 0) is 30.9 Å². The van der Waals surface area contributed by atoms with Gasteiger partial charge >= 0.3 is 6.03 Å². The van der Waals surface area contributed by atoms with Crippen LogP contribution in [0.1, 0.15) is 26.7 Å². The summed E-state index contributed by atoms with van der Waals surface area (Å²) in [6, 6.07) is 7.52. The third kappa shape index (κ3) is 4.91. The summed E-state index contributed by atoms with van der Waals surface area (Å²) in [5.74, 6) is 1.36. The van der Waals surface area contributed by atoms with Crippen molar-refractivity contribution in [1.82, 2.24) is 10.2 Å². The zero-order valence-electron chi connectivity index (χ0n) is 13.8. The second-order valence-electron chi connectivity index (χ2n) is 6.27. The van der Waals surface area contributed by atoms with Crippen molar-refractivity contribution in [3.8, 4) is 5.75 Å². The van der Waals surface area contributed by atoms with Gasteiger partial charge in [-0.1, -0.05) is 26.0 Å². The van der Waals surface area contributed by atoms with Gasteiger partial charge < -0.3 is 20.3 Å². The van der Waals surface area contributed by atoms with Gasteiger partial charge in [-0.25, -0.2) is 4.79 Å². The normalized spacial score (nSPS) is 16.5. The van der Waals surface area contributed by atoms with Gasteiger partial charge in [0.2, 0.25) is 0 Å². The van der Waals surface area contributed by atoms with E-state index in [1.54, 1.807) is 7.11 Å². The predicted molar refractivity (Wildman–Crippen MR) is 89.4 cm³/mol. The van der Waals surface area contributed by atoms with E-state index in [-0.39, 0.29) is 12.1 Å². The summed E-state index contributed by atoms with van der Waals surface area (Å²) in [5, 5.41) is 5.92. The highest BCUT2D eigenvalue weighted by Crippen LogP contribution is 2.23. The van der Waals surface area contributed by atoms with Crippen molar-refractivity contribution >= 4 is 11.7 Å². The van der Waals surface area contributed by atoms with E-state index in [9.17, 15) is 4.79 Å². The SMILES string of the molecule is COc1ccccc1NC(=O)NC1CCN(CC(C)C)CC1. The number of amides is 2. The van der Waals surface area contributed by atoms with Gasteiger partial charge in [-0.2, -0.15) is 0 Å². The summed E-state index contributed by atoms with van der Waals surface area (Å²) >= 11 is 0. The van der Waals surface area contributed by atoms with Crippen molar-refractivity contribution in [3.63, 3.8) is 0 Å². The number of carbonyl (C=O) groups is 1. The van der Waals surface area contributed by atoms with E-state index < -0.39 is 0 Å². The lowest BCUT2D eigenvalue weighted by Crippen LogP contribution is -2.46. The minimum atomic E-state index is -0.160. The molecule has 0 spiro atoms. The van der Waals surface area contributed by atoms with Gasteiger partial charge in [0.15, 0.2) is 0 Å². The van der Waals surface area contributed by atoms with E-state index in [1.165, 1.54) is 0 Å². The van der Waals surface area contributed by atoms with Crippen LogP contribution in [0.5, 0.6) is 5.75 Å². The molecule has 0 bridgehead atoms. The van der Waals surface area contributed by atoms with Crippen molar-refractivity contribution in [1.29, 1.82) is 0 Å². The molecule has 22 heavy (non-hydrogen) atoms. The molecule has 0 saturated carbocycles. The van der Waals surface area contributed by atoms with Crippen molar-refractivity contribution < 1.29 is 9.53 Å². The number of rotatable bonds is 5. The highest BCUT2D eigenvalue weighted by atomic mass is 16.5. The van der Waals surface area contributed by atoms with Crippen LogP contribution in [0.2, 0.25) is 0 Å². The second-order valence-corrected chi connectivity index (χ2v) is 6.27. The number of benzene rings is 1. The maximum Gasteiger partial charge on any atom is 0.319 e. The van der Waals surface area contributed by atoms with E-state index in [2.05, 4.69) is 29.4 Å². The lowest BCUT2D eigenvalue weighted by atomic mass is 10.0. The second kappa shape index (κ2) is 8.03. The van der Waals surface area contributed by atoms with Crippen LogP contribution in [0.15, 0.2) is 24.3 Å². The molecule has 0 atom stereocenters. The molecular weight excluding hydrogens is 278 g/mol. The standard InChI is InChI=1S/C17H27N3O2/c1-13(2)12-20-10-8-14(9-11-20)18-17(21)19-15-6-4-5-7-16(15)22-3/h4-7,13-14H,8-12H2,1-3H3,(H2,18,19,21). The van der Waals surface area contributed by atoms with E-state index in [0.717, 1.165) is 32.5 Å². The number of para-hydroxylation sites is 2. The number of anilines is 1. The summed E-state index contributed by atoms with van der Waals surface area (Å²) < 4.78 is 5.24. The number of carbonyl (C=O) groups excluding carboxylic acids is 1. The van der Waals surface area contributed by atoms with Crippen LogP contribution in [-0.4, -0.2) is 43.7 Å². The molecule has 2 N–H and O–H groups in total. The molecule has 0 unspecified atom stereocenters. The quantitative estimate of drug-likeness (QED) is 0.879. The number of nitrogens with one attached hydrogen (secondary N) is 2. The van der Waals surface area contributed by atoms with E-state index in [4.69, 9.17) is 4.74 Å². The van der Waals surface area contributed by atoms with Gasteiger partial charge in [-0.15, -0.1) is 0 Å². The monoisotopic (exact) mass is 305 g/mol. The van der Waals surface area contributed by atoms with Gasteiger partial charge in [0.1, 0.15) is 5.75 Å². The molecule has 0 aromatic heterocycles. The van der Waals surface area contributed by atoms with Gasteiger partial charge in [-0.3, -0.25) is 0 Å². The lowest BCUT2D eigenvalue weighted by Gasteiger charge is -2.33. The summed E-state index contributed by atoms with van der Waals surface area (Å²) in [5.41, 5.74) is 0.694. The first-order valence-corrected chi connectivity index (χ1v) is 8.01. The Morgan fingerprint density at radius 3 is 2.64 bits per heavy atom. The van der Waals surface area contributed by atoms with Gasteiger partial charge in [0, 0.05) is 25.7 Å². The van der Waals surface area contributed by atoms with E-state index in [1.807, 2.05) is 24.3 Å². The van der Waals surface area contributed by atoms with Crippen molar-refractivity contribution in [2.24, 2.45) is 5.92 Å². The molecule has 5 nitrogen and oxygen atoms in total. The summed E-state index contributed by atoms with van der Waals surface area (Å²) in [7, 11) is 1.60. The van der Waals surface area contributed by atoms with Crippen LogP contribution in [0.4, 0.5) is 10.5 Å². The molecule has 1 fully saturated rings. The first-order valence-electron chi connectivity index (χ1n) is 8.01. The number of urea groups is 1. The molecule has 0 aliphatic carbocycles. The van der Waals surface area contributed by atoms with E-state index >= 15 is 0 Å². The third-order valence-electron chi connectivity index (χ3n) is 3.90. The number of nitrogens with zero attached hydrogens (tertiary/aromatic N) is 1. The Bertz CT molecular complexity index is 483. The minimum Gasteiger partial charge on any atom is -0.495 e. The molecule has 1 aromatic rings. The Hall–Kier alpha value is -1.75. The Labute approximate surface area is 133 Å². The fraction of sp³-hybridized carbons (Fsp3) is 0.588. The Morgan fingerprint density at radius 2 is 2.00 bits per heavy atom. The molecule has 2 amide bonds. The Morgan fingerprint density at radius 1 is 1.32 bits per heavy atom. The minimum absolute atomic E-state index is 0.160. The number of likely N-dealkylation sites (tertiary alicyclic amines) is 1. The van der Waals surface area contributed by atoms with Crippen molar-refractivity contribution in [3.05, 3.63) is 24.3 Å². The molecule has 1 saturated heterocycles. The van der Waals surface area contributed by atoms with Crippen LogP contribution in [0, 0.1) is 5.92 Å². The number of methoxy groups -OCH3 is 1. The topological polar surface area (TPSA) is 53.6 Å². The summed E-state index contributed by atoms with van der Waals surface area (Å²) in [4.78, 5) is 14.6. The number of piperidine rings is 1. The Kier molecular flexibility index (Phi) is 6.07. The lowest BCUT2D eigenvalue weighted by molar-refractivity contribution is 0.180. The molecule has 1 aliphatic rings. The zero-order valence-corrected chi connectivity index (χ0v) is 13.8. The van der Waals surface area contributed by atoms with Crippen LogP contribution < -0.4 is 15.4 Å². The molecule has 1 aromatic carbocycles. The first-order chi connectivity index (χ1) is 10.6. The fourth-order valence-corrected chi connectivity index (χ4v) is 2.87. The number of hydrogen-bond donors (Lipinski definition) is 2. The largest absolute Gasteiger partial charge is 0.495 e. The predicted octanol–water partition coefficient (Wildman–Crippen LogP) is 2.94. The van der Waals surface area contributed by atoms with Crippen LogP contribution >= 0.6 is 0 Å². The third-order valence-corrected chi connectivity index (χ3v) is 3.90. The first kappa shape index (κ1) is 16.6. The highest BCUT2D eigenvalue weighted by Gasteiger charge is 2.21. The smallest absolute Gasteiger partial charge is 0.319 e. The maximum absolute atomic E-state index is 12.1. The molecule has 2 rings (SSSR count). The molecule has 0 radical (unpaired) electrons. The zero-order chi connectivity index (χ0) is 15.9. The molecule has 122 valence electrons. The molecule has 1 aliphatic heterocycles. The summed E-state index contributed by atoms with van der Waals surface area (Å²) in [6.07, 6.45) is 2.01. The van der Waals surface area contributed by atoms with E-state index in [0.29, 0.717) is 17.4 Å². The van der Waals surface area contributed by atoms with Gasteiger partial charge in [0.25, 0.3) is 0 Å². The van der Waals surface area contributed by atoms with Crippen LogP contribution in [0.25, 0.3) is 0 Å². The fourth-order valence-electron chi connectivity index (χ4n) is 2.87. The van der Waals surface area contributed by atoms with Crippen LogP contribution in [-0.2, 0) is 0 Å². The van der Waals surface area contributed by atoms with Crippen molar-refractivity contribution in [2.75, 3.05) is 32.1 Å². The van der Waals surface area contributed by atoms with Crippen LogP contribution in [0.3, 0.4) is 0 Å². The molecule has 1 heterocycles. The highest BCUT2D eigenvalue weighted by molar-refractivity contribution is 5.91. The average molecular weight is 305 g/mol. The van der Waals surface area contributed by atoms with Crippen molar-refractivity contribution in [2.45, 2.75) is 32.7 Å². The van der Waals surface area contributed by atoms with Gasteiger partial charge in [0.05, 0.1) is 12.8 Å². The Balaban J connectivity index is 1.79. The molecule has 5 heteroatoms. The number of ether oxygens (including phenoxy) is 1. The number of hydrogen-bond acceptors (Lipinski definition) is 3. The average Bonchev–Trinajstić information content (AvgIpc) is 2.49.